The molecule has 4 aromatic rings. The van der Waals surface area contributed by atoms with Gasteiger partial charge in [0.25, 0.3) is 5.56 Å². The van der Waals surface area contributed by atoms with Crippen molar-refractivity contribution in [2.45, 2.75) is 0 Å². The van der Waals surface area contributed by atoms with Gasteiger partial charge in [-0.25, -0.2) is 9.78 Å². The Morgan fingerprint density at radius 3 is 2.84 bits per heavy atom. The number of aromatic nitrogens is 4. The number of nitrogens with zero attached hydrogens (tertiary/aromatic N) is 1. The van der Waals surface area contributed by atoms with E-state index in [4.69, 9.17) is 0 Å². The molecule has 0 aliphatic carbocycles. The molecule has 0 fully saturated rings. The summed E-state index contributed by atoms with van der Waals surface area (Å²) in [5.74, 6) is 0.593. The fraction of sp³-hybridized carbons (Fsp3) is 0. The highest BCUT2D eigenvalue weighted by Gasteiger charge is 2.12. The van der Waals surface area contributed by atoms with E-state index in [-0.39, 0.29) is 11.2 Å². The van der Waals surface area contributed by atoms with Crippen LogP contribution in [0.3, 0.4) is 0 Å². The summed E-state index contributed by atoms with van der Waals surface area (Å²) in [6.45, 7) is 0. The van der Waals surface area contributed by atoms with Gasteiger partial charge in [-0.3, -0.25) is 14.8 Å². The molecular weight excluding hydrogens is 284 g/mol. The molecule has 0 saturated heterocycles. The Kier molecular flexibility index (Phi) is 2.06. The summed E-state index contributed by atoms with van der Waals surface area (Å²) in [5, 5.41) is 2.03. The van der Waals surface area contributed by atoms with Crippen molar-refractivity contribution in [2.75, 3.05) is 0 Å². The summed E-state index contributed by atoms with van der Waals surface area (Å²) in [5.41, 5.74) is -0.453. The monoisotopic (exact) mass is 290 g/mol. The molecule has 94 valence electrons. The molecule has 0 unspecified atom stereocenters. The molecular formula is C11H6N4O2S2. The van der Waals surface area contributed by atoms with E-state index in [1.165, 1.54) is 9.40 Å². The second-order valence-corrected chi connectivity index (χ2v) is 6.01. The quantitative estimate of drug-likeness (QED) is 0.499. The van der Waals surface area contributed by atoms with Gasteiger partial charge in [0.05, 0.1) is 4.88 Å². The number of nitrogens with one attached hydrogen (secondary N) is 3. The molecule has 0 amide bonds. The SMILES string of the molecule is O=c1[nH]c(=O)c2[nH]c(-c3cc4sccc4s3)nc2[nH]1. The molecule has 4 rings (SSSR count). The fourth-order valence-electron chi connectivity index (χ4n) is 1.93. The van der Waals surface area contributed by atoms with Crippen LogP contribution in [-0.4, -0.2) is 19.9 Å². The Balaban J connectivity index is 2.01. The van der Waals surface area contributed by atoms with Crippen LogP contribution in [-0.2, 0) is 0 Å². The third-order valence-electron chi connectivity index (χ3n) is 2.76. The van der Waals surface area contributed by atoms with E-state index in [9.17, 15) is 9.59 Å². The third-order valence-corrected chi connectivity index (χ3v) is 4.86. The molecule has 8 heteroatoms. The van der Waals surface area contributed by atoms with Crippen molar-refractivity contribution >= 4 is 43.2 Å². The van der Waals surface area contributed by atoms with Crippen molar-refractivity contribution < 1.29 is 0 Å². The first-order valence-electron chi connectivity index (χ1n) is 5.40. The lowest BCUT2D eigenvalue weighted by molar-refractivity contribution is 1.07. The summed E-state index contributed by atoms with van der Waals surface area (Å²) >= 11 is 3.25. The summed E-state index contributed by atoms with van der Waals surface area (Å²) in [6.07, 6.45) is 0. The van der Waals surface area contributed by atoms with Crippen molar-refractivity contribution in [1.29, 1.82) is 0 Å². The van der Waals surface area contributed by atoms with Gasteiger partial charge < -0.3 is 4.98 Å². The van der Waals surface area contributed by atoms with Crippen LogP contribution in [0, 0.1) is 0 Å². The zero-order valence-corrected chi connectivity index (χ0v) is 10.9. The van der Waals surface area contributed by atoms with Crippen molar-refractivity contribution in [1.82, 2.24) is 19.9 Å². The number of rotatable bonds is 1. The molecule has 3 N–H and O–H groups in total. The Labute approximate surface area is 112 Å². The van der Waals surface area contributed by atoms with Crippen LogP contribution in [0.25, 0.3) is 31.3 Å². The summed E-state index contributed by atoms with van der Waals surface area (Å²) in [6, 6.07) is 4.07. The van der Waals surface area contributed by atoms with Crippen LogP contribution in [0.2, 0.25) is 0 Å². The van der Waals surface area contributed by atoms with Crippen molar-refractivity contribution in [2.24, 2.45) is 0 Å². The highest BCUT2D eigenvalue weighted by molar-refractivity contribution is 7.28. The lowest BCUT2D eigenvalue weighted by Crippen LogP contribution is -2.21. The van der Waals surface area contributed by atoms with Gasteiger partial charge in [0, 0.05) is 9.40 Å². The van der Waals surface area contributed by atoms with Gasteiger partial charge in [0.15, 0.2) is 11.5 Å². The highest BCUT2D eigenvalue weighted by atomic mass is 32.1. The zero-order valence-electron chi connectivity index (χ0n) is 9.31. The summed E-state index contributed by atoms with van der Waals surface area (Å²) in [4.78, 5) is 35.6. The molecule has 6 nitrogen and oxygen atoms in total. The summed E-state index contributed by atoms with van der Waals surface area (Å²) < 4.78 is 2.37. The average Bonchev–Trinajstić information content (AvgIpc) is 2.98. The normalized spacial score (nSPS) is 11.6. The van der Waals surface area contributed by atoms with Crippen LogP contribution in [0.1, 0.15) is 0 Å². The molecule has 4 heterocycles. The van der Waals surface area contributed by atoms with Crippen LogP contribution >= 0.6 is 22.7 Å². The number of fused-ring (bicyclic) bond motifs is 2. The number of hydrogen-bond acceptors (Lipinski definition) is 5. The van der Waals surface area contributed by atoms with E-state index >= 15 is 0 Å². The predicted octanol–water partition coefficient (Wildman–Crippen LogP) is 1.88. The Morgan fingerprint density at radius 2 is 2.00 bits per heavy atom. The second kappa shape index (κ2) is 3.65. The summed E-state index contributed by atoms with van der Waals surface area (Å²) in [7, 11) is 0. The number of aromatic amines is 3. The molecule has 0 aromatic carbocycles. The molecule has 0 saturated carbocycles. The lowest BCUT2D eigenvalue weighted by atomic mass is 10.4. The van der Waals surface area contributed by atoms with Gasteiger partial charge in [-0.1, -0.05) is 0 Å². The Bertz CT molecular complexity index is 988. The predicted molar refractivity (Wildman–Crippen MR) is 76.0 cm³/mol. The van der Waals surface area contributed by atoms with Crippen LogP contribution < -0.4 is 11.2 Å². The van der Waals surface area contributed by atoms with Crippen molar-refractivity contribution in [3.05, 3.63) is 38.4 Å². The number of hydrogen-bond donors (Lipinski definition) is 3. The zero-order chi connectivity index (χ0) is 13.0. The molecule has 0 aliphatic rings. The van der Waals surface area contributed by atoms with Crippen LogP contribution in [0.4, 0.5) is 0 Å². The maximum atomic E-state index is 11.6. The topological polar surface area (TPSA) is 94.4 Å². The minimum Gasteiger partial charge on any atom is -0.331 e. The van der Waals surface area contributed by atoms with Gasteiger partial charge >= 0.3 is 5.69 Å². The maximum absolute atomic E-state index is 11.6. The van der Waals surface area contributed by atoms with Crippen molar-refractivity contribution in [3.8, 4) is 10.7 Å². The molecule has 4 aromatic heterocycles. The molecule has 0 spiro atoms. The van der Waals surface area contributed by atoms with E-state index in [0.29, 0.717) is 5.82 Å². The third kappa shape index (κ3) is 1.57. The number of imidazole rings is 1. The standard InChI is InChI=1S/C11H6N4O2S2/c16-10-7-9(14-11(17)15-10)13-8(12-7)6-3-5-4(19-6)1-2-18-5/h1-3H,(H3,12,13,14,15,16,17). The van der Waals surface area contributed by atoms with Gasteiger partial charge in [-0.15, -0.1) is 22.7 Å². The fourth-order valence-corrected chi connectivity index (χ4v) is 3.99. The first-order valence-corrected chi connectivity index (χ1v) is 7.10. The van der Waals surface area contributed by atoms with Gasteiger partial charge in [0.1, 0.15) is 5.52 Å². The van der Waals surface area contributed by atoms with E-state index in [2.05, 4.69) is 19.9 Å². The first kappa shape index (κ1) is 10.7. The van der Waals surface area contributed by atoms with E-state index in [0.717, 1.165) is 4.88 Å². The molecule has 19 heavy (non-hydrogen) atoms. The molecule has 0 aliphatic heterocycles. The second-order valence-electron chi connectivity index (χ2n) is 3.98. The van der Waals surface area contributed by atoms with Crippen LogP contribution in [0.5, 0.6) is 0 Å². The molecule has 0 atom stereocenters. The van der Waals surface area contributed by atoms with Gasteiger partial charge in [0.2, 0.25) is 0 Å². The van der Waals surface area contributed by atoms with E-state index in [1.807, 2.05) is 17.5 Å². The lowest BCUT2D eigenvalue weighted by Gasteiger charge is -1.86. The minimum absolute atomic E-state index is 0.278. The smallest absolute Gasteiger partial charge is 0.327 e. The molecule has 0 bridgehead atoms. The van der Waals surface area contributed by atoms with Gasteiger partial charge in [-0.2, -0.15) is 0 Å². The van der Waals surface area contributed by atoms with Crippen molar-refractivity contribution in [3.63, 3.8) is 0 Å². The Hall–Kier alpha value is -2.19. The van der Waals surface area contributed by atoms with Gasteiger partial charge in [-0.05, 0) is 17.5 Å². The Morgan fingerprint density at radius 1 is 1.11 bits per heavy atom. The number of H-pyrrole nitrogens is 3. The number of thiophene rings is 2. The van der Waals surface area contributed by atoms with E-state index < -0.39 is 11.2 Å². The molecule has 0 radical (unpaired) electrons. The largest absolute Gasteiger partial charge is 0.331 e. The average molecular weight is 290 g/mol. The minimum atomic E-state index is -0.553. The highest BCUT2D eigenvalue weighted by Crippen LogP contribution is 2.35. The van der Waals surface area contributed by atoms with Crippen LogP contribution in [0.15, 0.2) is 27.1 Å². The maximum Gasteiger partial charge on any atom is 0.327 e. The van der Waals surface area contributed by atoms with E-state index in [1.54, 1.807) is 22.7 Å². The first-order chi connectivity index (χ1) is 9.20.